The molecule has 0 atom stereocenters. The Kier molecular flexibility index (Phi) is 4.32. The fourth-order valence-electron chi connectivity index (χ4n) is 3.68. The molecule has 4 aromatic carbocycles. The fraction of sp³-hybridized carbons (Fsp3) is 0. The highest BCUT2D eigenvalue weighted by Gasteiger charge is 2.34. The number of halogens is 1. The van der Waals surface area contributed by atoms with E-state index in [9.17, 15) is 9.59 Å². The molecule has 0 unspecified atom stereocenters. The number of anilines is 1. The van der Waals surface area contributed by atoms with Crippen molar-refractivity contribution in [3.8, 4) is 0 Å². The van der Waals surface area contributed by atoms with Crippen molar-refractivity contribution in [2.24, 2.45) is 0 Å². The molecule has 1 N–H and O–H groups in total. The Morgan fingerprint density at radius 3 is 2.00 bits per heavy atom. The van der Waals surface area contributed by atoms with Gasteiger partial charge >= 0.3 is 0 Å². The summed E-state index contributed by atoms with van der Waals surface area (Å²) < 4.78 is 1.06. The average molecular weight is 490 g/mol. The minimum Gasteiger partial charge on any atom is -0.267 e. The predicted molar refractivity (Wildman–Crippen MR) is 124 cm³/mol. The first kappa shape index (κ1) is 17.9. The van der Waals surface area contributed by atoms with Gasteiger partial charge in [-0.25, -0.2) is 5.01 Å². The van der Waals surface area contributed by atoms with Crippen LogP contribution in [0.5, 0.6) is 0 Å². The SMILES string of the molecule is O=C1NN(c2ccc(I)cc2)C(=O)/C1=C/c1c2ccccc2cc2ccccc12. The summed E-state index contributed by atoms with van der Waals surface area (Å²) >= 11 is 2.20. The molecule has 5 rings (SSSR count). The molecular formula is C24H15IN2O2. The molecule has 0 aromatic heterocycles. The lowest BCUT2D eigenvalue weighted by molar-refractivity contribution is -0.117. The Morgan fingerprint density at radius 2 is 1.38 bits per heavy atom. The molecule has 0 radical (unpaired) electrons. The van der Waals surface area contributed by atoms with Gasteiger partial charge in [0.05, 0.1) is 5.69 Å². The maximum atomic E-state index is 13.1. The van der Waals surface area contributed by atoms with Gasteiger partial charge in [0.25, 0.3) is 11.8 Å². The highest BCUT2D eigenvalue weighted by atomic mass is 127. The van der Waals surface area contributed by atoms with Crippen molar-refractivity contribution in [2.45, 2.75) is 0 Å². The molecule has 1 aliphatic rings. The van der Waals surface area contributed by atoms with Crippen LogP contribution in [-0.4, -0.2) is 11.8 Å². The molecule has 4 nitrogen and oxygen atoms in total. The fourth-order valence-corrected chi connectivity index (χ4v) is 4.04. The van der Waals surface area contributed by atoms with Crippen molar-refractivity contribution in [1.82, 2.24) is 5.43 Å². The normalized spacial score (nSPS) is 15.5. The molecule has 1 fully saturated rings. The van der Waals surface area contributed by atoms with Crippen LogP contribution in [0.4, 0.5) is 5.69 Å². The van der Waals surface area contributed by atoms with Crippen LogP contribution in [0, 0.1) is 3.57 Å². The van der Waals surface area contributed by atoms with Gasteiger partial charge in [0.1, 0.15) is 5.57 Å². The van der Waals surface area contributed by atoms with E-state index in [1.807, 2.05) is 72.8 Å². The highest BCUT2D eigenvalue weighted by molar-refractivity contribution is 14.1. The molecule has 140 valence electrons. The number of hydrazine groups is 1. The second kappa shape index (κ2) is 7.00. The molecule has 5 heteroatoms. The van der Waals surface area contributed by atoms with Gasteiger partial charge in [0, 0.05) is 3.57 Å². The second-order valence-corrected chi connectivity index (χ2v) is 8.09. The lowest BCUT2D eigenvalue weighted by atomic mass is 9.95. The molecule has 0 bridgehead atoms. The zero-order chi connectivity index (χ0) is 20.0. The van der Waals surface area contributed by atoms with Crippen LogP contribution < -0.4 is 10.4 Å². The lowest BCUT2D eigenvalue weighted by Crippen LogP contribution is -2.35. The first-order valence-corrected chi connectivity index (χ1v) is 10.2. The third-order valence-corrected chi connectivity index (χ3v) is 5.80. The lowest BCUT2D eigenvalue weighted by Gasteiger charge is -2.14. The molecule has 1 aliphatic heterocycles. The van der Waals surface area contributed by atoms with Crippen LogP contribution in [0.25, 0.3) is 27.6 Å². The van der Waals surface area contributed by atoms with Crippen molar-refractivity contribution in [3.05, 3.63) is 93.6 Å². The summed E-state index contributed by atoms with van der Waals surface area (Å²) in [6, 6.07) is 25.6. The van der Waals surface area contributed by atoms with E-state index in [-0.39, 0.29) is 11.5 Å². The second-order valence-electron chi connectivity index (χ2n) is 6.85. The summed E-state index contributed by atoms with van der Waals surface area (Å²) in [4.78, 5) is 25.7. The van der Waals surface area contributed by atoms with Gasteiger partial charge in [-0.1, -0.05) is 48.5 Å². The minimum atomic E-state index is -0.398. The molecule has 0 aliphatic carbocycles. The van der Waals surface area contributed by atoms with E-state index < -0.39 is 5.91 Å². The zero-order valence-corrected chi connectivity index (χ0v) is 17.4. The Balaban J connectivity index is 1.68. The van der Waals surface area contributed by atoms with E-state index in [0.717, 1.165) is 30.7 Å². The van der Waals surface area contributed by atoms with E-state index in [1.165, 1.54) is 5.01 Å². The van der Waals surface area contributed by atoms with Crippen molar-refractivity contribution < 1.29 is 9.59 Å². The van der Waals surface area contributed by atoms with Gasteiger partial charge in [-0.3, -0.25) is 15.0 Å². The molecule has 4 aromatic rings. The summed E-state index contributed by atoms with van der Waals surface area (Å²) in [5.41, 5.74) is 4.32. The smallest absolute Gasteiger partial charge is 0.267 e. The highest BCUT2D eigenvalue weighted by Crippen LogP contribution is 2.31. The first-order valence-electron chi connectivity index (χ1n) is 9.15. The molecule has 1 heterocycles. The molecule has 2 amide bonds. The zero-order valence-electron chi connectivity index (χ0n) is 15.2. The Morgan fingerprint density at radius 1 is 0.793 bits per heavy atom. The summed E-state index contributed by atoms with van der Waals surface area (Å²) in [6.45, 7) is 0. The number of carbonyl (C=O) groups excluding carboxylic acids is 2. The van der Waals surface area contributed by atoms with Crippen LogP contribution >= 0.6 is 22.6 Å². The van der Waals surface area contributed by atoms with Crippen LogP contribution in [0.3, 0.4) is 0 Å². The number of hydrogen-bond acceptors (Lipinski definition) is 2. The van der Waals surface area contributed by atoms with E-state index in [0.29, 0.717) is 5.69 Å². The van der Waals surface area contributed by atoms with Crippen molar-refractivity contribution >= 4 is 67.7 Å². The van der Waals surface area contributed by atoms with E-state index >= 15 is 0 Å². The number of rotatable bonds is 2. The number of amides is 2. The van der Waals surface area contributed by atoms with Crippen molar-refractivity contribution in [3.63, 3.8) is 0 Å². The number of benzene rings is 4. The van der Waals surface area contributed by atoms with Crippen LogP contribution in [0.2, 0.25) is 0 Å². The summed E-state index contributed by atoms with van der Waals surface area (Å²) in [5.74, 6) is -0.751. The van der Waals surface area contributed by atoms with Crippen LogP contribution in [0.1, 0.15) is 5.56 Å². The standard InChI is InChI=1S/C24H15IN2O2/c25-17-9-11-18(12-10-17)27-24(29)22(23(28)26-27)14-21-19-7-3-1-5-15(19)13-16-6-2-4-8-20(16)21/h1-14H,(H,26,28)/b22-14+. The quantitative estimate of drug-likeness (QED) is 0.185. The van der Waals surface area contributed by atoms with Gasteiger partial charge in [-0.05, 0) is 86.1 Å². The minimum absolute atomic E-state index is 0.130. The number of nitrogens with one attached hydrogen (secondary N) is 1. The Bertz CT molecular complexity index is 1270. The monoisotopic (exact) mass is 490 g/mol. The summed E-state index contributed by atoms with van der Waals surface area (Å²) in [5, 5.41) is 5.45. The summed E-state index contributed by atoms with van der Waals surface area (Å²) in [6.07, 6.45) is 1.72. The maximum absolute atomic E-state index is 13.1. The van der Waals surface area contributed by atoms with E-state index in [4.69, 9.17) is 0 Å². The van der Waals surface area contributed by atoms with Gasteiger partial charge in [-0.15, -0.1) is 0 Å². The van der Waals surface area contributed by atoms with Crippen LogP contribution in [0.15, 0.2) is 84.4 Å². The van der Waals surface area contributed by atoms with Crippen molar-refractivity contribution in [2.75, 3.05) is 5.01 Å². The maximum Gasteiger partial charge on any atom is 0.282 e. The molecular weight excluding hydrogens is 475 g/mol. The molecule has 1 saturated heterocycles. The topological polar surface area (TPSA) is 49.4 Å². The van der Waals surface area contributed by atoms with Gasteiger partial charge in [0.2, 0.25) is 0 Å². The largest absolute Gasteiger partial charge is 0.282 e. The number of fused-ring (bicyclic) bond motifs is 2. The predicted octanol–water partition coefficient (Wildman–Crippen LogP) is 5.06. The third kappa shape index (κ3) is 3.07. The number of hydrogen-bond donors (Lipinski definition) is 1. The number of carbonyl (C=O) groups is 2. The summed E-state index contributed by atoms with van der Waals surface area (Å²) in [7, 11) is 0. The van der Waals surface area contributed by atoms with Crippen LogP contribution in [-0.2, 0) is 9.59 Å². The third-order valence-electron chi connectivity index (χ3n) is 5.08. The van der Waals surface area contributed by atoms with Gasteiger partial charge < -0.3 is 0 Å². The Labute approximate surface area is 180 Å². The van der Waals surface area contributed by atoms with Crippen molar-refractivity contribution in [1.29, 1.82) is 0 Å². The van der Waals surface area contributed by atoms with E-state index in [1.54, 1.807) is 6.08 Å². The van der Waals surface area contributed by atoms with Gasteiger partial charge in [-0.2, -0.15) is 0 Å². The van der Waals surface area contributed by atoms with E-state index in [2.05, 4.69) is 34.1 Å². The molecule has 0 spiro atoms. The molecule has 29 heavy (non-hydrogen) atoms. The Hall–Kier alpha value is -3.19. The first-order chi connectivity index (χ1) is 14.1. The van der Waals surface area contributed by atoms with Gasteiger partial charge in [0.15, 0.2) is 0 Å². The molecule has 0 saturated carbocycles. The number of nitrogens with zero attached hydrogens (tertiary/aromatic N) is 1. The average Bonchev–Trinajstić information content (AvgIpc) is 3.02.